The Hall–Kier alpha value is -0.820. The number of benzene rings is 1. The molecule has 1 fully saturated rings. The van der Waals surface area contributed by atoms with Crippen molar-refractivity contribution in [3.8, 4) is 0 Å². The Morgan fingerprint density at radius 2 is 1.93 bits per heavy atom. The molecule has 15 heavy (non-hydrogen) atoms. The topological polar surface area (TPSA) is 17.1 Å². The fourth-order valence-corrected chi connectivity index (χ4v) is 2.51. The molecule has 1 saturated carbocycles. The highest BCUT2D eigenvalue weighted by molar-refractivity contribution is 6.30. The lowest BCUT2D eigenvalue weighted by Crippen LogP contribution is -2.29. The zero-order chi connectivity index (χ0) is 10.9. The van der Waals surface area contributed by atoms with E-state index in [1.54, 1.807) is 0 Å². The predicted octanol–water partition coefficient (Wildman–Crippen LogP) is 3.74. The molecule has 1 aromatic carbocycles. The van der Waals surface area contributed by atoms with Crippen molar-refractivity contribution in [1.29, 1.82) is 0 Å². The number of rotatable bonds is 1. The van der Waals surface area contributed by atoms with E-state index in [0.29, 0.717) is 12.2 Å². The minimum absolute atomic E-state index is 0.0277. The smallest absolute Gasteiger partial charge is 0.133 e. The van der Waals surface area contributed by atoms with Crippen LogP contribution < -0.4 is 0 Å². The van der Waals surface area contributed by atoms with Crippen molar-refractivity contribution in [2.24, 2.45) is 0 Å². The first-order chi connectivity index (χ1) is 7.10. The molecule has 0 aliphatic heterocycles. The van der Waals surface area contributed by atoms with Crippen LogP contribution in [0.1, 0.15) is 38.2 Å². The Kier molecular flexibility index (Phi) is 2.83. The summed E-state index contributed by atoms with van der Waals surface area (Å²) in [5.41, 5.74) is 1.26. The number of halogens is 1. The molecule has 0 saturated heterocycles. The van der Waals surface area contributed by atoms with Crippen molar-refractivity contribution in [1.82, 2.24) is 0 Å². The van der Waals surface area contributed by atoms with Gasteiger partial charge in [-0.15, -0.1) is 0 Å². The van der Waals surface area contributed by atoms with E-state index in [9.17, 15) is 4.79 Å². The molecule has 0 spiro atoms. The van der Waals surface area contributed by atoms with Gasteiger partial charge in [-0.1, -0.05) is 30.7 Å². The number of Topliss-reactive ketones (excluding diaryl/α,β-unsaturated/α-hetero) is 1. The van der Waals surface area contributed by atoms with Crippen LogP contribution in [0.4, 0.5) is 0 Å². The van der Waals surface area contributed by atoms with E-state index in [0.717, 1.165) is 24.3 Å². The predicted molar refractivity (Wildman–Crippen MR) is 62.3 cm³/mol. The minimum atomic E-state index is 0.0277. The van der Waals surface area contributed by atoms with E-state index in [-0.39, 0.29) is 5.41 Å². The largest absolute Gasteiger partial charge is 0.300 e. The summed E-state index contributed by atoms with van der Waals surface area (Å²) in [6, 6.07) is 7.89. The number of hydrogen-bond acceptors (Lipinski definition) is 1. The first-order valence-corrected chi connectivity index (χ1v) is 5.76. The maximum Gasteiger partial charge on any atom is 0.133 e. The Morgan fingerprint density at radius 1 is 1.27 bits per heavy atom. The van der Waals surface area contributed by atoms with Gasteiger partial charge in [0, 0.05) is 17.9 Å². The lowest BCUT2D eigenvalue weighted by atomic mass is 9.70. The van der Waals surface area contributed by atoms with Crippen molar-refractivity contribution in [2.45, 2.75) is 38.0 Å². The fourth-order valence-electron chi connectivity index (χ4n) is 2.39. The monoisotopic (exact) mass is 222 g/mol. The average molecular weight is 223 g/mol. The average Bonchev–Trinajstić information content (AvgIpc) is 2.18. The molecular formula is C13H15ClO. The molecule has 0 radical (unpaired) electrons. The van der Waals surface area contributed by atoms with Gasteiger partial charge in [0.15, 0.2) is 0 Å². The Bertz CT molecular complexity index is 369. The standard InChI is InChI=1S/C13H15ClO/c1-13(8-2-3-12(15)9-13)10-4-6-11(14)7-5-10/h4-7H,2-3,8-9H2,1H3/t13-/m1/s1. The van der Waals surface area contributed by atoms with Gasteiger partial charge < -0.3 is 0 Å². The summed E-state index contributed by atoms with van der Waals surface area (Å²) in [6.07, 6.45) is 3.54. The molecule has 0 heterocycles. The summed E-state index contributed by atoms with van der Waals surface area (Å²) in [6.45, 7) is 2.17. The van der Waals surface area contributed by atoms with Gasteiger partial charge in [0.25, 0.3) is 0 Å². The maximum absolute atomic E-state index is 11.5. The number of carbonyl (C=O) groups is 1. The van der Waals surface area contributed by atoms with Crippen LogP contribution in [0.15, 0.2) is 24.3 Å². The van der Waals surface area contributed by atoms with Crippen LogP contribution in [0.3, 0.4) is 0 Å². The van der Waals surface area contributed by atoms with E-state index in [4.69, 9.17) is 11.6 Å². The molecule has 1 atom stereocenters. The normalized spacial score (nSPS) is 26.7. The Balaban J connectivity index is 2.28. The van der Waals surface area contributed by atoms with Gasteiger partial charge in [-0.3, -0.25) is 4.79 Å². The van der Waals surface area contributed by atoms with E-state index < -0.39 is 0 Å². The van der Waals surface area contributed by atoms with Crippen molar-refractivity contribution in [2.75, 3.05) is 0 Å². The van der Waals surface area contributed by atoms with Crippen molar-refractivity contribution >= 4 is 17.4 Å². The van der Waals surface area contributed by atoms with Crippen LogP contribution >= 0.6 is 11.6 Å². The number of ketones is 1. The van der Waals surface area contributed by atoms with Crippen LogP contribution in [0.5, 0.6) is 0 Å². The third-order valence-electron chi connectivity index (χ3n) is 3.31. The van der Waals surface area contributed by atoms with Crippen LogP contribution in [-0.2, 0) is 10.2 Å². The lowest BCUT2D eigenvalue weighted by molar-refractivity contribution is -0.121. The van der Waals surface area contributed by atoms with Gasteiger partial charge in [-0.25, -0.2) is 0 Å². The lowest BCUT2D eigenvalue weighted by Gasteiger charge is -2.33. The van der Waals surface area contributed by atoms with Gasteiger partial charge in [0.05, 0.1) is 0 Å². The first-order valence-electron chi connectivity index (χ1n) is 5.38. The zero-order valence-corrected chi connectivity index (χ0v) is 9.68. The Morgan fingerprint density at radius 3 is 2.53 bits per heavy atom. The molecule has 1 aliphatic rings. The van der Waals surface area contributed by atoms with E-state index >= 15 is 0 Å². The molecule has 0 aromatic heterocycles. The van der Waals surface area contributed by atoms with Gasteiger partial charge in [-0.05, 0) is 36.0 Å². The van der Waals surface area contributed by atoms with Gasteiger partial charge in [-0.2, -0.15) is 0 Å². The van der Waals surface area contributed by atoms with Gasteiger partial charge in [0.1, 0.15) is 5.78 Å². The van der Waals surface area contributed by atoms with Crippen molar-refractivity contribution < 1.29 is 4.79 Å². The molecule has 0 N–H and O–H groups in total. The number of hydrogen-bond donors (Lipinski definition) is 0. The molecular weight excluding hydrogens is 208 g/mol. The molecule has 0 bridgehead atoms. The Labute approximate surface area is 95.4 Å². The molecule has 0 unspecified atom stereocenters. The molecule has 1 nitrogen and oxygen atoms in total. The maximum atomic E-state index is 11.5. The third-order valence-corrected chi connectivity index (χ3v) is 3.56. The van der Waals surface area contributed by atoms with Crippen molar-refractivity contribution in [3.05, 3.63) is 34.9 Å². The highest BCUT2D eigenvalue weighted by Crippen LogP contribution is 2.37. The summed E-state index contributed by atoms with van der Waals surface area (Å²) in [7, 11) is 0. The second-order valence-electron chi connectivity index (χ2n) is 4.64. The first kappa shape index (κ1) is 10.7. The summed E-state index contributed by atoms with van der Waals surface area (Å²) >= 11 is 5.86. The quantitative estimate of drug-likeness (QED) is 0.708. The van der Waals surface area contributed by atoms with Crippen LogP contribution in [0.25, 0.3) is 0 Å². The van der Waals surface area contributed by atoms with Gasteiger partial charge >= 0.3 is 0 Å². The molecule has 2 heteroatoms. The van der Waals surface area contributed by atoms with Crippen molar-refractivity contribution in [3.63, 3.8) is 0 Å². The second-order valence-corrected chi connectivity index (χ2v) is 5.07. The molecule has 1 aromatic rings. The highest BCUT2D eigenvalue weighted by atomic mass is 35.5. The number of carbonyl (C=O) groups excluding carboxylic acids is 1. The minimum Gasteiger partial charge on any atom is -0.300 e. The molecule has 1 aliphatic carbocycles. The van der Waals surface area contributed by atoms with E-state index in [1.807, 2.05) is 24.3 Å². The van der Waals surface area contributed by atoms with Gasteiger partial charge in [0.2, 0.25) is 0 Å². The van der Waals surface area contributed by atoms with E-state index in [2.05, 4.69) is 6.92 Å². The SMILES string of the molecule is C[C@@]1(c2ccc(Cl)cc2)CCCC(=O)C1. The molecule has 0 amide bonds. The van der Waals surface area contributed by atoms with Crippen LogP contribution in [-0.4, -0.2) is 5.78 Å². The summed E-state index contributed by atoms with van der Waals surface area (Å²) < 4.78 is 0. The fraction of sp³-hybridized carbons (Fsp3) is 0.462. The summed E-state index contributed by atoms with van der Waals surface area (Å²) in [5.74, 6) is 0.388. The third kappa shape index (κ3) is 2.23. The van der Waals surface area contributed by atoms with Crippen LogP contribution in [0.2, 0.25) is 5.02 Å². The molecule has 80 valence electrons. The summed E-state index contributed by atoms with van der Waals surface area (Å²) in [4.78, 5) is 11.5. The van der Waals surface area contributed by atoms with Crippen LogP contribution in [0, 0.1) is 0 Å². The van der Waals surface area contributed by atoms with E-state index in [1.165, 1.54) is 5.56 Å². The summed E-state index contributed by atoms with van der Waals surface area (Å²) in [5, 5.41) is 0.754. The molecule has 2 rings (SSSR count). The second kappa shape index (κ2) is 3.97. The zero-order valence-electron chi connectivity index (χ0n) is 8.92. The highest BCUT2D eigenvalue weighted by Gasteiger charge is 2.32.